The summed E-state index contributed by atoms with van der Waals surface area (Å²) in [6, 6.07) is 23.4. The lowest BCUT2D eigenvalue weighted by Crippen LogP contribution is -2.34. The third kappa shape index (κ3) is 3.11. The van der Waals surface area contributed by atoms with Crippen LogP contribution in [0.15, 0.2) is 66.7 Å². The molecule has 5 aromatic rings. The summed E-state index contributed by atoms with van der Waals surface area (Å²) in [7, 11) is 6.58. The lowest BCUT2D eigenvalue weighted by Gasteiger charge is -2.24. The Morgan fingerprint density at radius 2 is 1.11 bits per heavy atom. The number of rotatable bonds is 3. The van der Waals surface area contributed by atoms with Gasteiger partial charge in [0.2, 0.25) is 0 Å². The van der Waals surface area contributed by atoms with Crippen LogP contribution < -0.4 is 4.48 Å². The van der Waals surface area contributed by atoms with Gasteiger partial charge in [-0.2, -0.15) is 0 Å². The van der Waals surface area contributed by atoms with Crippen LogP contribution in [0, 0.1) is 0 Å². The van der Waals surface area contributed by atoms with Crippen molar-refractivity contribution in [3.05, 3.63) is 66.7 Å². The minimum Gasteiger partial charge on any atom is -0.298 e. The molecule has 0 spiro atoms. The number of hydrogen-bond acceptors (Lipinski definition) is 4. The number of hydrogen-bond donors (Lipinski definition) is 0. The first-order valence-electron chi connectivity index (χ1n) is 9.16. The van der Waals surface area contributed by atoms with Gasteiger partial charge in [-0.05, 0) is 30.3 Å². The molecule has 0 fully saturated rings. The maximum absolute atomic E-state index is 4.88. The van der Waals surface area contributed by atoms with Crippen molar-refractivity contribution < 1.29 is 0 Å². The Bertz CT molecular complexity index is 1150. The zero-order valence-electron chi connectivity index (χ0n) is 16.0. The lowest BCUT2D eigenvalue weighted by atomic mass is 10.1. The molecule has 0 unspecified atom stereocenters. The lowest BCUT2D eigenvalue weighted by molar-refractivity contribution is 0.487. The van der Waals surface area contributed by atoms with Crippen molar-refractivity contribution in [3.63, 3.8) is 0 Å². The Morgan fingerprint density at radius 1 is 0.643 bits per heavy atom. The second-order valence-corrected chi connectivity index (χ2v) is 9.82. The molecular weight excluding hydrogens is 382 g/mol. The highest BCUT2D eigenvalue weighted by atomic mass is 32.1. The van der Waals surface area contributed by atoms with E-state index in [0.717, 1.165) is 36.7 Å². The van der Waals surface area contributed by atoms with Gasteiger partial charge in [0.1, 0.15) is 15.7 Å². The van der Waals surface area contributed by atoms with Crippen LogP contribution in [0.4, 0.5) is 5.69 Å². The number of benzene rings is 3. The molecule has 138 valence electrons. The zero-order valence-corrected chi connectivity index (χ0v) is 17.6. The average Bonchev–Trinajstić information content (AvgIpc) is 3.31. The van der Waals surface area contributed by atoms with Crippen molar-refractivity contribution in [2.24, 2.45) is 0 Å². The first kappa shape index (κ1) is 17.5. The predicted molar refractivity (Wildman–Crippen MR) is 123 cm³/mol. The monoisotopic (exact) mass is 402 g/mol. The minimum atomic E-state index is 0.747. The molecule has 0 N–H and O–H groups in total. The smallest absolute Gasteiger partial charge is 0.133 e. The van der Waals surface area contributed by atoms with Crippen LogP contribution in [0.3, 0.4) is 0 Å². The van der Waals surface area contributed by atoms with Crippen molar-refractivity contribution >= 4 is 48.8 Å². The maximum atomic E-state index is 4.88. The van der Waals surface area contributed by atoms with E-state index in [1.165, 1.54) is 15.1 Å². The van der Waals surface area contributed by atoms with Gasteiger partial charge < -0.3 is 0 Å². The van der Waals surface area contributed by atoms with Crippen LogP contribution in [-0.4, -0.2) is 31.1 Å². The van der Waals surface area contributed by atoms with Gasteiger partial charge in [0.15, 0.2) is 0 Å². The van der Waals surface area contributed by atoms with Gasteiger partial charge in [-0.1, -0.05) is 24.3 Å². The van der Waals surface area contributed by atoms with Gasteiger partial charge in [-0.15, -0.1) is 22.7 Å². The Morgan fingerprint density at radius 3 is 1.54 bits per heavy atom. The molecule has 28 heavy (non-hydrogen) atoms. The third-order valence-corrected chi connectivity index (χ3v) is 6.94. The fourth-order valence-electron chi connectivity index (χ4n) is 3.24. The molecule has 0 saturated heterocycles. The van der Waals surface area contributed by atoms with Crippen LogP contribution >= 0.6 is 22.7 Å². The highest BCUT2D eigenvalue weighted by Gasteiger charge is 2.19. The zero-order chi connectivity index (χ0) is 19.3. The van der Waals surface area contributed by atoms with Gasteiger partial charge in [-0.25, -0.2) is 9.97 Å². The summed E-state index contributed by atoms with van der Waals surface area (Å²) < 4.78 is 3.18. The fraction of sp³-hybridized carbons (Fsp3) is 0.130. The van der Waals surface area contributed by atoms with Gasteiger partial charge in [0.05, 0.1) is 41.6 Å². The molecule has 0 aliphatic rings. The van der Waals surface area contributed by atoms with Crippen LogP contribution in [-0.2, 0) is 0 Å². The van der Waals surface area contributed by atoms with Gasteiger partial charge in [0.25, 0.3) is 0 Å². The first-order chi connectivity index (χ1) is 13.5. The molecule has 5 heteroatoms. The number of aromatic nitrogens is 2. The third-order valence-electron chi connectivity index (χ3n) is 4.77. The molecule has 0 saturated carbocycles. The number of nitrogens with zero attached hydrogens (tertiary/aromatic N) is 3. The predicted octanol–water partition coefficient (Wildman–Crippen LogP) is 6.44. The van der Waals surface area contributed by atoms with E-state index in [1.54, 1.807) is 22.7 Å². The Kier molecular flexibility index (Phi) is 4.05. The van der Waals surface area contributed by atoms with E-state index in [-0.39, 0.29) is 0 Å². The molecule has 0 aliphatic carbocycles. The summed E-state index contributed by atoms with van der Waals surface area (Å²) in [5.74, 6) is 0. The highest BCUT2D eigenvalue weighted by Crippen LogP contribution is 2.38. The molecule has 2 heterocycles. The molecule has 0 amide bonds. The van der Waals surface area contributed by atoms with Crippen molar-refractivity contribution in [3.8, 4) is 21.1 Å². The number of quaternary nitrogens is 1. The van der Waals surface area contributed by atoms with Crippen molar-refractivity contribution in [2.45, 2.75) is 0 Å². The maximum Gasteiger partial charge on any atom is 0.133 e. The van der Waals surface area contributed by atoms with Crippen LogP contribution in [0.25, 0.3) is 41.6 Å². The van der Waals surface area contributed by atoms with E-state index in [0.29, 0.717) is 0 Å². The number of para-hydroxylation sites is 2. The largest absolute Gasteiger partial charge is 0.298 e. The molecule has 0 aliphatic heterocycles. The Labute approximate surface area is 172 Å². The minimum absolute atomic E-state index is 0.747. The molecule has 0 atom stereocenters. The van der Waals surface area contributed by atoms with E-state index in [9.17, 15) is 0 Å². The van der Waals surface area contributed by atoms with E-state index in [1.807, 2.05) is 12.1 Å². The van der Waals surface area contributed by atoms with E-state index < -0.39 is 0 Å². The fourth-order valence-corrected chi connectivity index (χ4v) is 5.14. The first-order valence-corrected chi connectivity index (χ1v) is 10.8. The second kappa shape index (κ2) is 6.48. The summed E-state index contributed by atoms with van der Waals surface area (Å²) in [6.45, 7) is 0. The van der Waals surface area contributed by atoms with E-state index >= 15 is 0 Å². The van der Waals surface area contributed by atoms with Crippen LogP contribution in [0.5, 0.6) is 0 Å². The van der Waals surface area contributed by atoms with Crippen LogP contribution in [0.2, 0.25) is 0 Å². The summed E-state index contributed by atoms with van der Waals surface area (Å²) >= 11 is 3.49. The average molecular weight is 403 g/mol. The summed E-state index contributed by atoms with van der Waals surface area (Å²) in [6.07, 6.45) is 0. The Hall–Kier alpha value is -2.60. The normalized spacial score (nSPS) is 12.1. The summed E-state index contributed by atoms with van der Waals surface area (Å²) in [5.41, 5.74) is 5.66. The molecule has 0 radical (unpaired) electrons. The second-order valence-electron chi connectivity index (χ2n) is 7.75. The van der Waals surface area contributed by atoms with Crippen molar-refractivity contribution in [2.75, 3.05) is 21.1 Å². The summed E-state index contributed by atoms with van der Waals surface area (Å²) in [4.78, 5) is 9.76. The van der Waals surface area contributed by atoms with Gasteiger partial charge >= 0.3 is 0 Å². The van der Waals surface area contributed by atoms with Crippen molar-refractivity contribution in [1.29, 1.82) is 0 Å². The summed E-state index contributed by atoms with van der Waals surface area (Å²) in [5, 5.41) is 2.11. The van der Waals surface area contributed by atoms with E-state index in [4.69, 9.17) is 9.97 Å². The van der Waals surface area contributed by atoms with Gasteiger partial charge in [0, 0.05) is 23.3 Å². The highest BCUT2D eigenvalue weighted by molar-refractivity contribution is 7.22. The SMILES string of the molecule is C[N+](C)(C)c1cc(-c2nc3ccccc3s2)cc(-c2nc3ccccc3s2)c1. The molecular formula is C23H20N3S2+. The molecule has 2 aromatic heterocycles. The Balaban J connectivity index is 1.72. The van der Waals surface area contributed by atoms with E-state index in [2.05, 4.69) is 75.7 Å². The molecule has 3 nitrogen and oxygen atoms in total. The standard InChI is InChI=1S/C23H20N3S2/c1-26(2,3)17-13-15(22-24-18-8-4-6-10-20(18)27-22)12-16(14-17)23-25-19-9-5-7-11-21(19)28-23/h4-14H,1-3H3/q+1. The van der Waals surface area contributed by atoms with Crippen LogP contribution in [0.1, 0.15) is 0 Å². The van der Waals surface area contributed by atoms with Crippen molar-refractivity contribution in [1.82, 2.24) is 14.5 Å². The van der Waals surface area contributed by atoms with Gasteiger partial charge in [-0.3, -0.25) is 4.48 Å². The molecule has 5 rings (SSSR count). The number of thiazole rings is 2. The molecule has 3 aromatic carbocycles. The number of fused-ring (bicyclic) bond motifs is 2. The quantitative estimate of drug-likeness (QED) is 0.325. The molecule has 0 bridgehead atoms. The topological polar surface area (TPSA) is 25.8 Å².